The van der Waals surface area contributed by atoms with Gasteiger partial charge in [-0.1, -0.05) is 31.2 Å². The van der Waals surface area contributed by atoms with Crippen molar-refractivity contribution in [3.05, 3.63) is 59.9 Å². The molecular formula is C27H38FN3O5S. The van der Waals surface area contributed by atoms with E-state index in [0.717, 1.165) is 12.7 Å². The third-order valence-corrected chi connectivity index (χ3v) is 7.20. The predicted octanol–water partition coefficient (Wildman–Crippen LogP) is 4.10. The van der Waals surface area contributed by atoms with Crippen molar-refractivity contribution in [1.82, 2.24) is 10.2 Å². The highest BCUT2D eigenvalue weighted by atomic mass is 32.2. The number of ether oxygens (including phenoxy) is 1. The maximum atomic E-state index is 13.4. The minimum atomic E-state index is -3.65. The summed E-state index contributed by atoms with van der Waals surface area (Å²) in [6, 6.07) is 11.8. The highest BCUT2D eigenvalue weighted by molar-refractivity contribution is 7.92. The van der Waals surface area contributed by atoms with Crippen LogP contribution in [0.15, 0.2) is 48.5 Å². The average molecular weight is 536 g/mol. The topological polar surface area (TPSA) is 96.0 Å². The van der Waals surface area contributed by atoms with E-state index < -0.39 is 21.9 Å². The van der Waals surface area contributed by atoms with Crippen LogP contribution in [0.25, 0.3) is 0 Å². The van der Waals surface area contributed by atoms with Gasteiger partial charge in [-0.3, -0.25) is 13.9 Å². The van der Waals surface area contributed by atoms with Gasteiger partial charge >= 0.3 is 0 Å². The van der Waals surface area contributed by atoms with Crippen LogP contribution in [0.1, 0.15) is 52.5 Å². The second kappa shape index (κ2) is 14.0. The van der Waals surface area contributed by atoms with Gasteiger partial charge in [-0.25, -0.2) is 12.8 Å². The van der Waals surface area contributed by atoms with Gasteiger partial charge in [0.2, 0.25) is 21.8 Å². The maximum absolute atomic E-state index is 13.4. The van der Waals surface area contributed by atoms with Gasteiger partial charge in [0.25, 0.3) is 0 Å². The van der Waals surface area contributed by atoms with Crippen LogP contribution in [-0.2, 0) is 26.2 Å². The quantitative estimate of drug-likeness (QED) is 0.393. The number of anilines is 1. The Morgan fingerprint density at radius 1 is 1.05 bits per heavy atom. The van der Waals surface area contributed by atoms with Gasteiger partial charge in [-0.15, -0.1) is 0 Å². The molecule has 2 rings (SSSR count). The molecule has 0 unspecified atom stereocenters. The summed E-state index contributed by atoms with van der Waals surface area (Å²) in [6.45, 7) is 7.87. The van der Waals surface area contributed by atoms with E-state index in [1.165, 1.54) is 21.3 Å². The number of rotatable bonds is 14. The van der Waals surface area contributed by atoms with Crippen molar-refractivity contribution in [3.63, 3.8) is 0 Å². The number of hydrogen-bond donors (Lipinski definition) is 1. The van der Waals surface area contributed by atoms with Gasteiger partial charge in [0.05, 0.1) is 18.6 Å². The molecule has 0 heterocycles. The molecule has 0 aliphatic heterocycles. The normalized spacial score (nSPS) is 12.9. The van der Waals surface area contributed by atoms with Crippen LogP contribution in [-0.4, -0.2) is 56.6 Å². The number of halogens is 1. The number of hydrogen-bond acceptors (Lipinski definition) is 5. The largest absolute Gasteiger partial charge is 0.492 e. The summed E-state index contributed by atoms with van der Waals surface area (Å²) in [5.74, 6) is -0.539. The van der Waals surface area contributed by atoms with Crippen molar-refractivity contribution >= 4 is 27.5 Å². The zero-order valence-electron chi connectivity index (χ0n) is 22.2. The van der Waals surface area contributed by atoms with Gasteiger partial charge in [0, 0.05) is 25.6 Å². The smallest absolute Gasteiger partial charge is 0.242 e. The highest BCUT2D eigenvalue weighted by Gasteiger charge is 2.27. The number of carbonyl (C=O) groups is 2. The Hall–Kier alpha value is -3.14. The predicted molar refractivity (Wildman–Crippen MR) is 143 cm³/mol. The summed E-state index contributed by atoms with van der Waals surface area (Å²) in [5, 5.41) is 2.90. The van der Waals surface area contributed by atoms with Gasteiger partial charge < -0.3 is 15.0 Å². The zero-order chi connectivity index (χ0) is 27.6. The molecule has 1 N–H and O–H groups in total. The van der Waals surface area contributed by atoms with Crippen LogP contribution in [0.5, 0.6) is 5.75 Å². The van der Waals surface area contributed by atoms with E-state index in [9.17, 15) is 22.4 Å². The fraction of sp³-hybridized carbons (Fsp3) is 0.481. The number of carbonyl (C=O) groups excluding carboxylic acids is 2. The number of nitrogens with zero attached hydrogens (tertiary/aromatic N) is 2. The van der Waals surface area contributed by atoms with Crippen molar-refractivity contribution in [2.24, 2.45) is 0 Å². The molecule has 37 heavy (non-hydrogen) atoms. The number of amides is 2. The number of nitrogens with one attached hydrogen (secondary N) is 1. The first-order valence-electron chi connectivity index (χ1n) is 12.5. The molecule has 10 heteroatoms. The van der Waals surface area contributed by atoms with Crippen LogP contribution >= 0.6 is 0 Å². The third kappa shape index (κ3) is 9.03. The molecule has 0 aliphatic rings. The molecule has 0 spiro atoms. The first-order chi connectivity index (χ1) is 17.5. The monoisotopic (exact) mass is 535 g/mol. The van der Waals surface area contributed by atoms with Gasteiger partial charge in [-0.2, -0.15) is 0 Å². The molecule has 0 radical (unpaired) electrons. The number of benzene rings is 2. The van der Waals surface area contributed by atoms with E-state index in [1.54, 1.807) is 43.3 Å². The van der Waals surface area contributed by atoms with E-state index >= 15 is 0 Å². The lowest BCUT2D eigenvalue weighted by Gasteiger charge is -2.30. The van der Waals surface area contributed by atoms with Gasteiger partial charge in [0.1, 0.15) is 17.6 Å². The lowest BCUT2D eigenvalue weighted by molar-refractivity contribution is -0.140. The molecule has 2 amide bonds. The molecule has 0 fully saturated rings. The summed E-state index contributed by atoms with van der Waals surface area (Å²) < 4.78 is 45.4. The van der Waals surface area contributed by atoms with Gasteiger partial charge in [-0.05, 0) is 63.4 Å². The molecule has 0 saturated carbocycles. The maximum Gasteiger partial charge on any atom is 0.242 e. The number of para-hydroxylation sites is 2. The summed E-state index contributed by atoms with van der Waals surface area (Å²) in [7, 11) is -3.65. The molecular weight excluding hydrogens is 497 g/mol. The molecule has 2 atom stereocenters. The molecule has 0 bridgehead atoms. The molecule has 2 aromatic rings. The van der Waals surface area contributed by atoms with Crippen LogP contribution in [0, 0.1) is 5.82 Å². The van der Waals surface area contributed by atoms with E-state index in [2.05, 4.69) is 5.32 Å². The molecule has 204 valence electrons. The molecule has 0 saturated heterocycles. The van der Waals surface area contributed by atoms with Crippen molar-refractivity contribution in [1.29, 1.82) is 0 Å². The lowest BCUT2D eigenvalue weighted by atomic mass is 10.1. The zero-order valence-corrected chi connectivity index (χ0v) is 23.1. The molecule has 0 aromatic heterocycles. The van der Waals surface area contributed by atoms with Crippen molar-refractivity contribution in [3.8, 4) is 5.75 Å². The Morgan fingerprint density at radius 2 is 1.70 bits per heavy atom. The first kappa shape index (κ1) is 30.1. The Labute approximate surface area is 219 Å². The minimum Gasteiger partial charge on any atom is -0.492 e. The Bertz CT molecular complexity index is 1140. The molecule has 0 aliphatic carbocycles. The summed E-state index contributed by atoms with van der Waals surface area (Å²) in [5.41, 5.74) is 1.09. The standard InChI is InChI=1S/C27H38FN3O5S/c1-6-20(3)29-27(33)21(4)30(19-22-14-16-23(28)17-15-22)26(32)13-10-18-31(37(5,34)35)24-11-8-9-12-25(24)36-7-2/h8-9,11-12,14-17,20-21H,6-7,10,13,18-19H2,1-5H3,(H,29,33)/t20-,21-/m0/s1. The van der Waals surface area contributed by atoms with Crippen molar-refractivity contribution in [2.75, 3.05) is 23.7 Å². The third-order valence-electron chi connectivity index (χ3n) is 6.02. The second-order valence-electron chi connectivity index (χ2n) is 8.98. The highest BCUT2D eigenvalue weighted by Crippen LogP contribution is 2.30. The van der Waals surface area contributed by atoms with E-state index in [1.807, 2.05) is 20.8 Å². The molecule has 8 nitrogen and oxygen atoms in total. The summed E-state index contributed by atoms with van der Waals surface area (Å²) in [4.78, 5) is 27.6. The van der Waals surface area contributed by atoms with E-state index in [-0.39, 0.29) is 43.8 Å². The van der Waals surface area contributed by atoms with E-state index in [4.69, 9.17) is 4.74 Å². The van der Waals surface area contributed by atoms with E-state index in [0.29, 0.717) is 23.6 Å². The molecule has 2 aromatic carbocycles. The minimum absolute atomic E-state index is 0.0188. The number of sulfonamides is 1. The van der Waals surface area contributed by atoms with Crippen LogP contribution in [0.3, 0.4) is 0 Å². The van der Waals surface area contributed by atoms with Crippen LogP contribution in [0.2, 0.25) is 0 Å². The summed E-state index contributed by atoms with van der Waals surface area (Å²) in [6.07, 6.45) is 2.10. The SMILES string of the molecule is CCOc1ccccc1N(CCCC(=O)N(Cc1ccc(F)cc1)[C@@H](C)C(=O)N[C@@H](C)CC)S(C)(=O)=O. The Kier molecular flexibility index (Phi) is 11.4. The van der Waals surface area contributed by atoms with Gasteiger partial charge in [0.15, 0.2) is 0 Å². The average Bonchev–Trinajstić information content (AvgIpc) is 2.85. The lowest BCUT2D eigenvalue weighted by Crippen LogP contribution is -2.49. The van der Waals surface area contributed by atoms with Crippen LogP contribution in [0.4, 0.5) is 10.1 Å². The van der Waals surface area contributed by atoms with Crippen molar-refractivity contribution < 1.29 is 27.1 Å². The summed E-state index contributed by atoms with van der Waals surface area (Å²) >= 11 is 0. The van der Waals surface area contributed by atoms with Crippen molar-refractivity contribution in [2.45, 2.75) is 65.6 Å². The van der Waals surface area contributed by atoms with Crippen LogP contribution < -0.4 is 14.4 Å². The Morgan fingerprint density at radius 3 is 2.30 bits per heavy atom. The second-order valence-corrected chi connectivity index (χ2v) is 10.9. The fourth-order valence-corrected chi connectivity index (χ4v) is 4.73. The Balaban J connectivity index is 2.20. The fourth-order valence-electron chi connectivity index (χ4n) is 3.76. The first-order valence-corrected chi connectivity index (χ1v) is 14.4.